The number of carboxylic acids is 1. The van der Waals surface area contributed by atoms with Crippen LogP contribution < -0.4 is 0 Å². The Labute approximate surface area is 312 Å². The predicted octanol–water partition coefficient (Wildman–Crippen LogP) is 8.32. The Morgan fingerprint density at radius 1 is 0.679 bits per heavy atom. The van der Waals surface area contributed by atoms with Crippen LogP contribution in [0.25, 0.3) is 0 Å². The van der Waals surface area contributed by atoms with Crippen molar-refractivity contribution in [2.24, 2.45) is 50.2 Å². The number of carbonyl (C=O) groups is 3. The van der Waals surface area contributed by atoms with Gasteiger partial charge < -0.3 is 29.9 Å². The number of aliphatic hydroxyl groups is 1. The molecule has 2 aromatic rings. The Morgan fingerprint density at radius 3 is 1.74 bits per heavy atom. The van der Waals surface area contributed by atoms with Gasteiger partial charge in [-0.3, -0.25) is 4.79 Å². The van der Waals surface area contributed by atoms with Crippen LogP contribution in [0, 0.1) is 50.2 Å². The average Bonchev–Trinajstić information content (AvgIpc) is 3.09. The van der Waals surface area contributed by atoms with Crippen molar-refractivity contribution in [2.75, 3.05) is 0 Å². The third kappa shape index (κ3) is 5.53. The number of aliphatic carboxylic acids is 1. The summed E-state index contributed by atoms with van der Waals surface area (Å²) in [7, 11) is 0. The highest BCUT2D eigenvalue weighted by atomic mass is 16.6. The molecule has 4 saturated carbocycles. The topological polar surface area (TPSA) is 151 Å². The summed E-state index contributed by atoms with van der Waals surface area (Å²) in [6, 6.07) is 11.5. The van der Waals surface area contributed by atoms with E-state index in [4.69, 9.17) is 9.47 Å². The zero-order chi connectivity index (χ0) is 38.5. The van der Waals surface area contributed by atoms with Crippen LogP contribution in [0.2, 0.25) is 0 Å². The number of esters is 2. The van der Waals surface area contributed by atoms with Gasteiger partial charge in [0.1, 0.15) is 23.7 Å². The molecule has 9 nitrogen and oxygen atoms in total. The molecule has 4 N–H and O–H groups in total. The minimum atomic E-state index is -1.22. The highest BCUT2D eigenvalue weighted by Gasteiger charge is 2.72. The summed E-state index contributed by atoms with van der Waals surface area (Å²) in [6.07, 6.45) is 4.88. The molecule has 10 unspecified atom stereocenters. The number of phenols is 2. The molecule has 7 rings (SSSR count). The lowest BCUT2D eigenvalue weighted by Crippen LogP contribution is -2.72. The first-order chi connectivity index (χ1) is 24.7. The van der Waals surface area contributed by atoms with E-state index in [1.807, 2.05) is 13.8 Å². The Morgan fingerprint density at radius 2 is 1.19 bits per heavy atom. The second-order valence-electron chi connectivity index (χ2n) is 19.1. The number of aromatic hydroxyl groups is 2. The summed E-state index contributed by atoms with van der Waals surface area (Å²) in [5.74, 6) is -2.19. The molecule has 0 aromatic heterocycles. The van der Waals surface area contributed by atoms with Crippen molar-refractivity contribution in [3.63, 3.8) is 0 Å². The van der Waals surface area contributed by atoms with Crippen molar-refractivity contribution < 1.29 is 44.3 Å². The molecule has 0 bridgehead atoms. The van der Waals surface area contributed by atoms with E-state index in [0.717, 1.165) is 38.5 Å². The van der Waals surface area contributed by atoms with E-state index in [0.29, 0.717) is 12.8 Å². The molecule has 0 amide bonds. The van der Waals surface area contributed by atoms with Crippen LogP contribution in [0.5, 0.6) is 11.5 Å². The highest BCUT2D eigenvalue weighted by Crippen LogP contribution is 2.75. The van der Waals surface area contributed by atoms with Crippen molar-refractivity contribution in [1.82, 2.24) is 0 Å². The first-order valence-electron chi connectivity index (χ1n) is 19.3. The number of rotatable bonds is 5. The fourth-order valence-electron chi connectivity index (χ4n) is 12.8. The molecule has 0 radical (unpaired) electrons. The molecular formula is C44H56O9. The number of ether oxygens (including phenoxy) is 2. The number of carbonyl (C=O) groups excluding carboxylic acids is 2. The zero-order valence-electron chi connectivity index (χ0n) is 32.1. The van der Waals surface area contributed by atoms with Crippen molar-refractivity contribution >= 4 is 17.9 Å². The lowest BCUT2D eigenvalue weighted by atomic mass is 9.34. The maximum atomic E-state index is 13.8. The van der Waals surface area contributed by atoms with E-state index in [1.165, 1.54) is 54.1 Å². The molecule has 0 aliphatic heterocycles. The van der Waals surface area contributed by atoms with Gasteiger partial charge in [0.15, 0.2) is 6.10 Å². The van der Waals surface area contributed by atoms with Gasteiger partial charge in [0, 0.05) is 10.8 Å². The number of allylic oxidation sites excluding steroid dienone is 2. The van der Waals surface area contributed by atoms with Crippen LogP contribution in [0.3, 0.4) is 0 Å². The zero-order valence-corrected chi connectivity index (χ0v) is 32.1. The molecule has 2 aromatic carbocycles. The number of carboxylic acid groups (broad SMARTS) is 1. The van der Waals surface area contributed by atoms with Crippen molar-refractivity contribution in [1.29, 1.82) is 0 Å². The van der Waals surface area contributed by atoms with Crippen LogP contribution in [-0.4, -0.2) is 56.6 Å². The molecule has 53 heavy (non-hydrogen) atoms. The average molecular weight is 729 g/mol. The van der Waals surface area contributed by atoms with Crippen molar-refractivity contribution in [3.05, 3.63) is 71.3 Å². The number of fused-ring (bicyclic) bond motifs is 7. The van der Waals surface area contributed by atoms with Crippen LogP contribution in [0.4, 0.5) is 0 Å². The Kier molecular flexibility index (Phi) is 8.72. The molecule has 9 heteroatoms. The number of aliphatic hydroxyl groups excluding tert-OH is 1. The quantitative estimate of drug-likeness (QED) is 0.176. The van der Waals surface area contributed by atoms with Gasteiger partial charge in [-0.1, -0.05) is 60.1 Å². The van der Waals surface area contributed by atoms with E-state index < -0.39 is 52.5 Å². The summed E-state index contributed by atoms with van der Waals surface area (Å²) in [4.78, 5) is 40.6. The standard InChI is InChI=1S/C44H56O9/c1-39(2)22-23-44(38(50)51)21-18-30-41(5)19-16-29-40(3,4)35(53-37(49)26-10-14-28(46)15-11-26)33(52-36(48)25-8-12-27(45)13-9-25)34(47)43(29,7)31(41)17-20-42(30,6)32(44)24-39/h8-15,18,29,31-35,45-47H,16-17,19-24H2,1-7H3,(H,50,51). The van der Waals surface area contributed by atoms with Gasteiger partial charge >= 0.3 is 17.9 Å². The summed E-state index contributed by atoms with van der Waals surface area (Å²) in [5.41, 5.74) is -1.19. The fraction of sp³-hybridized carbons (Fsp3) is 0.614. The third-order valence-electron chi connectivity index (χ3n) is 15.5. The molecule has 5 aliphatic carbocycles. The predicted molar refractivity (Wildman–Crippen MR) is 198 cm³/mol. The highest BCUT2D eigenvalue weighted by molar-refractivity contribution is 5.90. The molecule has 0 heterocycles. The first-order valence-corrected chi connectivity index (χ1v) is 19.3. The second kappa shape index (κ2) is 12.3. The maximum Gasteiger partial charge on any atom is 0.338 e. The minimum absolute atomic E-state index is 0.00312. The monoisotopic (exact) mass is 728 g/mol. The number of phenolic OH excluding ortho intramolecular Hbond substituents is 2. The number of benzene rings is 2. The van der Waals surface area contributed by atoms with Crippen molar-refractivity contribution in [2.45, 2.75) is 118 Å². The summed E-state index contributed by atoms with van der Waals surface area (Å²) in [5, 5.41) is 43.3. The number of hydrogen-bond donors (Lipinski definition) is 4. The third-order valence-corrected chi connectivity index (χ3v) is 15.5. The largest absolute Gasteiger partial charge is 0.508 e. The SMILES string of the molecule is CC1(C)CCC2(C(=O)O)CC=C3C(C)(CCC4C3(C)CCC3C(C)(C)C(OC(=O)c5ccc(O)cc5)C(OC(=O)c5ccc(O)cc5)C(O)C43C)C2C1. The van der Waals surface area contributed by atoms with Gasteiger partial charge in [0.25, 0.3) is 0 Å². The van der Waals surface area contributed by atoms with Crippen LogP contribution in [0.15, 0.2) is 60.2 Å². The van der Waals surface area contributed by atoms with E-state index in [-0.39, 0.29) is 56.6 Å². The van der Waals surface area contributed by atoms with Gasteiger partial charge in [-0.2, -0.15) is 0 Å². The molecule has 5 aliphatic rings. The van der Waals surface area contributed by atoms with Crippen LogP contribution in [0.1, 0.15) is 121 Å². The number of hydrogen-bond acceptors (Lipinski definition) is 8. The van der Waals surface area contributed by atoms with Gasteiger partial charge in [-0.25, -0.2) is 9.59 Å². The van der Waals surface area contributed by atoms with Crippen LogP contribution >= 0.6 is 0 Å². The molecule has 4 fully saturated rings. The Balaban J connectivity index is 1.29. The van der Waals surface area contributed by atoms with Gasteiger partial charge in [0.05, 0.1) is 16.5 Å². The second-order valence-corrected chi connectivity index (χ2v) is 19.1. The normalized spacial score (nSPS) is 39.5. The van der Waals surface area contributed by atoms with Gasteiger partial charge in [-0.15, -0.1) is 0 Å². The van der Waals surface area contributed by atoms with Crippen molar-refractivity contribution in [3.8, 4) is 11.5 Å². The van der Waals surface area contributed by atoms with Gasteiger partial charge in [0.2, 0.25) is 0 Å². The summed E-state index contributed by atoms with van der Waals surface area (Å²) >= 11 is 0. The molecule has 10 atom stereocenters. The van der Waals surface area contributed by atoms with E-state index in [1.54, 1.807) is 0 Å². The van der Waals surface area contributed by atoms with Gasteiger partial charge in [-0.05, 0) is 134 Å². The molecule has 286 valence electrons. The molecule has 0 saturated heterocycles. The fourth-order valence-corrected chi connectivity index (χ4v) is 12.8. The molecular weight excluding hydrogens is 672 g/mol. The Bertz CT molecular complexity index is 1830. The smallest absolute Gasteiger partial charge is 0.338 e. The lowest BCUT2D eigenvalue weighted by molar-refractivity contribution is -0.268. The van der Waals surface area contributed by atoms with E-state index in [2.05, 4.69) is 40.7 Å². The lowest BCUT2D eigenvalue weighted by Gasteiger charge is -2.71. The van der Waals surface area contributed by atoms with Crippen LogP contribution in [-0.2, 0) is 14.3 Å². The summed E-state index contributed by atoms with van der Waals surface area (Å²) < 4.78 is 12.5. The minimum Gasteiger partial charge on any atom is -0.508 e. The molecule has 0 spiro atoms. The Hall–Kier alpha value is -3.85. The first kappa shape index (κ1) is 37.5. The van der Waals surface area contributed by atoms with E-state index in [9.17, 15) is 34.8 Å². The summed E-state index contributed by atoms with van der Waals surface area (Å²) in [6.45, 7) is 15.4. The maximum absolute atomic E-state index is 13.8. The van der Waals surface area contributed by atoms with E-state index >= 15 is 0 Å².